The van der Waals surface area contributed by atoms with Crippen molar-refractivity contribution in [3.63, 3.8) is 0 Å². The molecule has 3 heteroatoms. The lowest BCUT2D eigenvalue weighted by Crippen LogP contribution is -2.47. The Bertz CT molecular complexity index is 360. The molecule has 0 aromatic rings. The number of amidine groups is 1. The molecule has 0 aromatic heterocycles. The van der Waals surface area contributed by atoms with Crippen LogP contribution in [0.25, 0.3) is 0 Å². The fourth-order valence-corrected chi connectivity index (χ4v) is 5.34. The average molecular weight is 280 g/mol. The van der Waals surface area contributed by atoms with Gasteiger partial charge < -0.3 is 5.32 Å². The van der Waals surface area contributed by atoms with E-state index in [2.05, 4.69) is 19.2 Å². The van der Waals surface area contributed by atoms with E-state index in [-0.39, 0.29) is 0 Å². The summed E-state index contributed by atoms with van der Waals surface area (Å²) < 4.78 is 0. The maximum absolute atomic E-state index is 4.92. The van der Waals surface area contributed by atoms with E-state index >= 15 is 0 Å². The summed E-state index contributed by atoms with van der Waals surface area (Å²) in [5.41, 5.74) is 0.878. The van der Waals surface area contributed by atoms with Crippen LogP contribution in [0.4, 0.5) is 0 Å². The first-order valence-corrected chi connectivity index (χ1v) is 9.03. The average Bonchev–Trinajstić information content (AvgIpc) is 2.95. The Labute approximate surface area is 122 Å². The van der Waals surface area contributed by atoms with Crippen molar-refractivity contribution in [1.82, 2.24) is 5.32 Å². The van der Waals surface area contributed by atoms with Crippen molar-refractivity contribution in [2.24, 2.45) is 16.3 Å². The Kier molecular flexibility index (Phi) is 3.85. The van der Waals surface area contributed by atoms with Gasteiger partial charge in [0.25, 0.3) is 0 Å². The lowest BCUT2D eigenvalue weighted by Gasteiger charge is -2.36. The van der Waals surface area contributed by atoms with E-state index in [4.69, 9.17) is 4.99 Å². The topological polar surface area (TPSA) is 24.4 Å². The van der Waals surface area contributed by atoms with Crippen LogP contribution in [-0.2, 0) is 0 Å². The predicted molar refractivity (Wildman–Crippen MR) is 84.8 cm³/mol. The van der Waals surface area contributed by atoms with Gasteiger partial charge in [-0.05, 0) is 37.0 Å². The smallest absolute Gasteiger partial charge is 0.157 e. The molecular formula is C16H28N2S. The summed E-state index contributed by atoms with van der Waals surface area (Å²) in [5.74, 6) is 2.13. The van der Waals surface area contributed by atoms with Crippen molar-refractivity contribution in [3.05, 3.63) is 0 Å². The van der Waals surface area contributed by atoms with Gasteiger partial charge in [0.2, 0.25) is 0 Å². The van der Waals surface area contributed by atoms with Gasteiger partial charge in [-0.15, -0.1) is 0 Å². The minimum absolute atomic E-state index is 0.387. The zero-order valence-electron chi connectivity index (χ0n) is 12.5. The number of aliphatic imine (C=N–C) groups is 1. The molecule has 1 aliphatic heterocycles. The van der Waals surface area contributed by atoms with Gasteiger partial charge in [0, 0.05) is 17.8 Å². The molecule has 2 nitrogen and oxygen atoms in total. The van der Waals surface area contributed by atoms with Crippen LogP contribution in [-0.4, -0.2) is 23.0 Å². The summed E-state index contributed by atoms with van der Waals surface area (Å²) in [5, 5.41) is 5.03. The first kappa shape index (κ1) is 13.8. The molecule has 1 N–H and O–H groups in total. The van der Waals surface area contributed by atoms with Gasteiger partial charge in [0.1, 0.15) is 0 Å². The Morgan fingerprint density at radius 3 is 2.79 bits per heavy atom. The van der Waals surface area contributed by atoms with Crippen molar-refractivity contribution in [3.8, 4) is 0 Å². The molecule has 3 aliphatic rings. The van der Waals surface area contributed by atoms with E-state index in [0.29, 0.717) is 11.0 Å². The summed E-state index contributed by atoms with van der Waals surface area (Å²) >= 11 is 1.97. The van der Waals surface area contributed by atoms with Crippen LogP contribution in [0, 0.1) is 11.3 Å². The highest BCUT2D eigenvalue weighted by atomic mass is 32.2. The molecule has 0 amide bonds. The van der Waals surface area contributed by atoms with Gasteiger partial charge in [0.15, 0.2) is 5.17 Å². The van der Waals surface area contributed by atoms with E-state index in [1.165, 1.54) is 62.3 Å². The van der Waals surface area contributed by atoms with Crippen molar-refractivity contribution in [2.45, 2.75) is 70.8 Å². The summed E-state index contributed by atoms with van der Waals surface area (Å²) in [6.45, 7) is 5.86. The Morgan fingerprint density at radius 2 is 2.05 bits per heavy atom. The standard InChI is InChI=1S/C16H28N2S/c1-13-6-5-9-16(10-13)12-19-14(18-16)17-11-15(2)7-3-4-8-15/h13H,3-12H2,1-2H3,(H,17,18). The highest BCUT2D eigenvalue weighted by Gasteiger charge is 2.40. The van der Waals surface area contributed by atoms with Gasteiger partial charge in [-0.2, -0.15) is 0 Å². The maximum Gasteiger partial charge on any atom is 0.157 e. The molecule has 2 saturated carbocycles. The highest BCUT2D eigenvalue weighted by Crippen LogP contribution is 2.40. The van der Waals surface area contributed by atoms with E-state index in [1.54, 1.807) is 0 Å². The molecule has 2 atom stereocenters. The molecule has 0 aromatic carbocycles. The van der Waals surface area contributed by atoms with Gasteiger partial charge in [-0.1, -0.05) is 51.3 Å². The third kappa shape index (κ3) is 3.12. The minimum atomic E-state index is 0.387. The predicted octanol–water partition coefficient (Wildman–Crippen LogP) is 4.21. The van der Waals surface area contributed by atoms with Crippen LogP contribution < -0.4 is 5.32 Å². The van der Waals surface area contributed by atoms with Gasteiger partial charge in [-0.3, -0.25) is 4.99 Å². The maximum atomic E-state index is 4.92. The molecule has 3 rings (SSSR count). The third-order valence-corrected chi connectivity index (χ3v) is 6.57. The number of hydrogen-bond donors (Lipinski definition) is 1. The molecule has 19 heavy (non-hydrogen) atoms. The molecule has 3 fully saturated rings. The Morgan fingerprint density at radius 1 is 1.26 bits per heavy atom. The van der Waals surface area contributed by atoms with Crippen molar-refractivity contribution >= 4 is 16.9 Å². The molecular weight excluding hydrogens is 252 g/mol. The molecule has 2 aliphatic carbocycles. The third-order valence-electron chi connectivity index (χ3n) is 5.36. The van der Waals surface area contributed by atoms with Crippen LogP contribution in [0.5, 0.6) is 0 Å². The summed E-state index contributed by atoms with van der Waals surface area (Å²) in [6.07, 6.45) is 11.1. The second-order valence-electron chi connectivity index (χ2n) is 7.53. The lowest BCUT2D eigenvalue weighted by molar-refractivity contribution is 0.242. The molecule has 0 radical (unpaired) electrons. The van der Waals surface area contributed by atoms with Crippen LogP contribution in [0.3, 0.4) is 0 Å². The first-order chi connectivity index (χ1) is 9.09. The second kappa shape index (κ2) is 5.31. The number of thioether (sulfide) groups is 1. The minimum Gasteiger partial charge on any atom is -0.359 e. The normalized spacial score (nSPS) is 39.9. The Hall–Kier alpha value is -0.180. The lowest BCUT2D eigenvalue weighted by atomic mass is 9.78. The summed E-state index contributed by atoms with van der Waals surface area (Å²) in [7, 11) is 0. The van der Waals surface area contributed by atoms with Crippen LogP contribution in [0.1, 0.15) is 65.2 Å². The highest BCUT2D eigenvalue weighted by molar-refractivity contribution is 8.14. The molecule has 1 heterocycles. The fraction of sp³-hybridized carbons (Fsp3) is 0.938. The molecule has 1 spiro atoms. The number of hydrogen-bond acceptors (Lipinski definition) is 2. The van der Waals surface area contributed by atoms with E-state index in [1.807, 2.05) is 11.8 Å². The van der Waals surface area contributed by atoms with Gasteiger partial charge >= 0.3 is 0 Å². The SMILES string of the molecule is CC1CCCC2(CSC(=NCC3(C)CCCC3)N2)C1. The fourth-order valence-electron chi connectivity index (χ4n) is 4.14. The molecule has 108 valence electrons. The second-order valence-corrected chi connectivity index (χ2v) is 8.50. The van der Waals surface area contributed by atoms with Crippen LogP contribution >= 0.6 is 11.8 Å². The quantitative estimate of drug-likeness (QED) is 0.819. The summed E-state index contributed by atoms with van der Waals surface area (Å²) in [6, 6.07) is 0. The van der Waals surface area contributed by atoms with Gasteiger partial charge in [0.05, 0.1) is 0 Å². The summed E-state index contributed by atoms with van der Waals surface area (Å²) in [4.78, 5) is 4.92. The number of nitrogens with one attached hydrogen (secondary N) is 1. The number of nitrogens with zero attached hydrogens (tertiary/aromatic N) is 1. The van der Waals surface area contributed by atoms with E-state index in [0.717, 1.165) is 12.5 Å². The first-order valence-electron chi connectivity index (χ1n) is 8.05. The zero-order valence-corrected chi connectivity index (χ0v) is 13.3. The van der Waals surface area contributed by atoms with E-state index in [9.17, 15) is 0 Å². The van der Waals surface area contributed by atoms with E-state index < -0.39 is 0 Å². The van der Waals surface area contributed by atoms with Crippen LogP contribution in [0.15, 0.2) is 4.99 Å². The number of rotatable bonds is 2. The monoisotopic (exact) mass is 280 g/mol. The molecule has 2 unspecified atom stereocenters. The van der Waals surface area contributed by atoms with Crippen LogP contribution in [0.2, 0.25) is 0 Å². The van der Waals surface area contributed by atoms with Crippen molar-refractivity contribution < 1.29 is 0 Å². The Balaban J connectivity index is 1.59. The largest absolute Gasteiger partial charge is 0.359 e. The molecule has 1 saturated heterocycles. The van der Waals surface area contributed by atoms with Crippen molar-refractivity contribution in [2.75, 3.05) is 12.3 Å². The van der Waals surface area contributed by atoms with Gasteiger partial charge in [-0.25, -0.2) is 0 Å². The molecule has 0 bridgehead atoms. The zero-order chi connectivity index (χ0) is 13.3. The van der Waals surface area contributed by atoms with Crippen molar-refractivity contribution in [1.29, 1.82) is 0 Å².